The number of nitrogens with two attached hydrogens (primary N) is 1. The first kappa shape index (κ1) is 11.4. The van der Waals surface area contributed by atoms with Crippen LogP contribution in [0.5, 0.6) is 17.2 Å². The summed E-state index contributed by atoms with van der Waals surface area (Å²) in [7, 11) is 0. The summed E-state index contributed by atoms with van der Waals surface area (Å²) >= 11 is 5.91. The summed E-state index contributed by atoms with van der Waals surface area (Å²) in [5.41, 5.74) is 6.31. The van der Waals surface area contributed by atoms with Crippen molar-refractivity contribution in [2.45, 2.75) is 19.4 Å². The van der Waals surface area contributed by atoms with Gasteiger partial charge >= 0.3 is 0 Å². The standard InChI is InChI=1S/C11H14ClNO3/c1-6(13)9-10(14)7(12)5-8-11(9)16-4-2-3-15-8/h5-6,14H,2-4,13H2,1H3. The lowest BCUT2D eigenvalue weighted by Crippen LogP contribution is -2.09. The van der Waals surface area contributed by atoms with Crippen molar-refractivity contribution >= 4 is 11.6 Å². The van der Waals surface area contributed by atoms with E-state index >= 15 is 0 Å². The van der Waals surface area contributed by atoms with Crippen molar-refractivity contribution in [3.63, 3.8) is 0 Å². The molecule has 0 saturated heterocycles. The molecule has 1 heterocycles. The minimum atomic E-state index is -0.367. The summed E-state index contributed by atoms with van der Waals surface area (Å²) in [6, 6.07) is 1.19. The van der Waals surface area contributed by atoms with Gasteiger partial charge < -0.3 is 20.3 Å². The Labute approximate surface area is 98.9 Å². The van der Waals surface area contributed by atoms with Crippen LogP contribution in [0.1, 0.15) is 24.9 Å². The first-order chi connectivity index (χ1) is 7.61. The molecule has 88 valence electrons. The quantitative estimate of drug-likeness (QED) is 0.794. The van der Waals surface area contributed by atoms with Gasteiger partial charge in [-0.1, -0.05) is 11.6 Å². The van der Waals surface area contributed by atoms with Crippen molar-refractivity contribution < 1.29 is 14.6 Å². The minimum absolute atomic E-state index is 0.0269. The lowest BCUT2D eigenvalue weighted by atomic mass is 10.1. The van der Waals surface area contributed by atoms with E-state index in [4.69, 9.17) is 26.8 Å². The zero-order chi connectivity index (χ0) is 11.7. The smallest absolute Gasteiger partial charge is 0.169 e. The molecule has 1 aliphatic heterocycles. The highest BCUT2D eigenvalue weighted by molar-refractivity contribution is 6.32. The number of phenols is 1. The molecule has 3 N–H and O–H groups in total. The first-order valence-corrected chi connectivity index (χ1v) is 5.55. The van der Waals surface area contributed by atoms with Gasteiger partial charge in [-0.25, -0.2) is 0 Å². The van der Waals surface area contributed by atoms with Crippen LogP contribution in [-0.4, -0.2) is 18.3 Å². The van der Waals surface area contributed by atoms with Crippen LogP contribution in [0.2, 0.25) is 5.02 Å². The monoisotopic (exact) mass is 243 g/mol. The van der Waals surface area contributed by atoms with Crippen molar-refractivity contribution in [1.29, 1.82) is 0 Å². The molecule has 5 heteroatoms. The van der Waals surface area contributed by atoms with Crippen LogP contribution in [0.3, 0.4) is 0 Å². The maximum absolute atomic E-state index is 9.87. The van der Waals surface area contributed by atoms with E-state index in [1.807, 2.05) is 0 Å². The zero-order valence-electron chi connectivity index (χ0n) is 9.00. The second-order valence-electron chi connectivity index (χ2n) is 3.79. The molecular formula is C11H14ClNO3. The Morgan fingerprint density at radius 2 is 2.12 bits per heavy atom. The highest BCUT2D eigenvalue weighted by atomic mass is 35.5. The van der Waals surface area contributed by atoms with E-state index in [0.29, 0.717) is 30.3 Å². The molecule has 0 bridgehead atoms. The zero-order valence-corrected chi connectivity index (χ0v) is 9.75. The normalized spacial score (nSPS) is 16.7. The van der Waals surface area contributed by atoms with Crippen LogP contribution < -0.4 is 15.2 Å². The highest BCUT2D eigenvalue weighted by Gasteiger charge is 2.23. The van der Waals surface area contributed by atoms with Gasteiger partial charge in [0.15, 0.2) is 11.5 Å². The van der Waals surface area contributed by atoms with Gasteiger partial charge in [0.1, 0.15) is 5.75 Å². The Morgan fingerprint density at radius 1 is 1.44 bits per heavy atom. The predicted molar refractivity (Wildman–Crippen MR) is 61.3 cm³/mol. The third kappa shape index (κ3) is 1.90. The molecule has 0 aliphatic carbocycles. The van der Waals surface area contributed by atoms with Gasteiger partial charge in [0, 0.05) is 18.5 Å². The molecule has 0 amide bonds. The van der Waals surface area contributed by atoms with Gasteiger partial charge in [-0.05, 0) is 6.92 Å². The third-order valence-electron chi connectivity index (χ3n) is 2.46. The van der Waals surface area contributed by atoms with Gasteiger partial charge in [-0.3, -0.25) is 0 Å². The number of benzene rings is 1. The number of hydrogen-bond donors (Lipinski definition) is 2. The molecule has 0 radical (unpaired) electrons. The molecule has 2 rings (SSSR count). The van der Waals surface area contributed by atoms with E-state index in [9.17, 15) is 5.11 Å². The van der Waals surface area contributed by atoms with E-state index in [-0.39, 0.29) is 16.8 Å². The molecule has 1 unspecified atom stereocenters. The van der Waals surface area contributed by atoms with Crippen LogP contribution in [0.4, 0.5) is 0 Å². The van der Waals surface area contributed by atoms with Crippen molar-refractivity contribution in [3.8, 4) is 17.2 Å². The lowest BCUT2D eigenvalue weighted by molar-refractivity contribution is 0.295. The first-order valence-electron chi connectivity index (χ1n) is 5.17. The molecule has 0 aromatic heterocycles. The van der Waals surface area contributed by atoms with Crippen LogP contribution >= 0.6 is 11.6 Å². The Balaban J connectivity index is 2.60. The summed E-state index contributed by atoms with van der Waals surface area (Å²) in [6.07, 6.45) is 0.797. The number of aromatic hydroxyl groups is 1. The third-order valence-corrected chi connectivity index (χ3v) is 2.74. The van der Waals surface area contributed by atoms with E-state index in [1.54, 1.807) is 13.0 Å². The second-order valence-corrected chi connectivity index (χ2v) is 4.19. The largest absolute Gasteiger partial charge is 0.506 e. The number of phenolic OH excluding ortho intramolecular Hbond substituents is 1. The van der Waals surface area contributed by atoms with E-state index < -0.39 is 0 Å². The number of halogens is 1. The molecule has 1 aliphatic rings. The van der Waals surface area contributed by atoms with Crippen molar-refractivity contribution in [1.82, 2.24) is 0 Å². The molecule has 0 fully saturated rings. The number of hydrogen-bond acceptors (Lipinski definition) is 4. The molecule has 0 saturated carbocycles. The minimum Gasteiger partial charge on any atom is -0.506 e. The van der Waals surface area contributed by atoms with E-state index in [1.165, 1.54) is 0 Å². The molecule has 0 spiro atoms. The molecule has 1 aromatic carbocycles. The topological polar surface area (TPSA) is 64.7 Å². The number of rotatable bonds is 1. The molecule has 1 aromatic rings. The van der Waals surface area contributed by atoms with Crippen LogP contribution in [0.25, 0.3) is 0 Å². The Hall–Kier alpha value is -1.13. The summed E-state index contributed by atoms with van der Waals surface area (Å²) in [4.78, 5) is 0. The molecular weight excluding hydrogens is 230 g/mol. The SMILES string of the molecule is CC(N)c1c(O)c(Cl)cc2c1OCCCO2. The van der Waals surface area contributed by atoms with Crippen molar-refractivity contribution in [3.05, 3.63) is 16.7 Å². The fourth-order valence-electron chi connectivity index (χ4n) is 1.71. The van der Waals surface area contributed by atoms with Crippen LogP contribution in [0, 0.1) is 0 Å². The summed E-state index contributed by atoms with van der Waals surface area (Å²) in [5.74, 6) is 1.03. The molecule has 4 nitrogen and oxygen atoms in total. The Bertz CT molecular complexity index is 407. The summed E-state index contributed by atoms with van der Waals surface area (Å²) in [6.45, 7) is 2.89. The second kappa shape index (κ2) is 4.39. The lowest BCUT2D eigenvalue weighted by Gasteiger charge is -2.17. The van der Waals surface area contributed by atoms with Gasteiger partial charge in [0.2, 0.25) is 0 Å². The average Bonchev–Trinajstić information content (AvgIpc) is 2.44. The van der Waals surface area contributed by atoms with E-state index in [2.05, 4.69) is 0 Å². The highest BCUT2D eigenvalue weighted by Crippen LogP contribution is 2.45. The van der Waals surface area contributed by atoms with Crippen LogP contribution in [-0.2, 0) is 0 Å². The maximum Gasteiger partial charge on any atom is 0.169 e. The van der Waals surface area contributed by atoms with Crippen LogP contribution in [0.15, 0.2) is 6.07 Å². The summed E-state index contributed by atoms with van der Waals surface area (Å²) < 4.78 is 11.1. The van der Waals surface area contributed by atoms with Gasteiger partial charge in [0.05, 0.1) is 23.8 Å². The van der Waals surface area contributed by atoms with E-state index in [0.717, 1.165) is 6.42 Å². The Kier molecular flexibility index (Phi) is 3.12. The average molecular weight is 244 g/mol. The predicted octanol–water partition coefficient (Wildman–Crippen LogP) is 2.23. The number of fused-ring (bicyclic) bond motifs is 1. The number of ether oxygens (including phenoxy) is 2. The van der Waals surface area contributed by atoms with Gasteiger partial charge in [0.25, 0.3) is 0 Å². The Morgan fingerprint density at radius 3 is 2.81 bits per heavy atom. The maximum atomic E-state index is 9.87. The fraction of sp³-hybridized carbons (Fsp3) is 0.455. The fourth-order valence-corrected chi connectivity index (χ4v) is 1.91. The van der Waals surface area contributed by atoms with Crippen molar-refractivity contribution in [2.24, 2.45) is 5.73 Å². The van der Waals surface area contributed by atoms with Gasteiger partial charge in [-0.15, -0.1) is 0 Å². The molecule has 16 heavy (non-hydrogen) atoms. The van der Waals surface area contributed by atoms with Crippen molar-refractivity contribution in [2.75, 3.05) is 13.2 Å². The van der Waals surface area contributed by atoms with Gasteiger partial charge in [-0.2, -0.15) is 0 Å². The summed E-state index contributed by atoms with van der Waals surface area (Å²) in [5, 5.41) is 10.1. The molecule has 1 atom stereocenters.